The van der Waals surface area contributed by atoms with E-state index in [0.717, 1.165) is 4.90 Å². The maximum Gasteiger partial charge on any atom is 0.252 e. The van der Waals surface area contributed by atoms with Crippen LogP contribution in [0.3, 0.4) is 0 Å². The van der Waals surface area contributed by atoms with Gasteiger partial charge in [-0.05, 0) is 18.4 Å². The third kappa shape index (κ3) is 2.89. The van der Waals surface area contributed by atoms with Gasteiger partial charge in [-0.15, -0.1) is 11.8 Å². The standard InChI is InChI=1S/C12H13N3O2S/c1-8-14-11(15-17-8)7-13-12(16)9-5-3-4-6-10(9)18-2/h3-6H,7H2,1-2H3,(H,13,16). The van der Waals surface area contributed by atoms with Crippen molar-refractivity contribution in [2.45, 2.75) is 18.4 Å². The van der Waals surface area contributed by atoms with Gasteiger partial charge in [0.15, 0.2) is 5.82 Å². The quantitative estimate of drug-likeness (QED) is 0.855. The van der Waals surface area contributed by atoms with E-state index in [9.17, 15) is 4.79 Å². The lowest BCUT2D eigenvalue weighted by Gasteiger charge is -2.06. The first-order valence-corrected chi connectivity index (χ1v) is 6.63. The van der Waals surface area contributed by atoms with Crippen LogP contribution in [0.15, 0.2) is 33.7 Å². The number of nitrogens with one attached hydrogen (secondary N) is 1. The van der Waals surface area contributed by atoms with Gasteiger partial charge in [0.25, 0.3) is 5.91 Å². The Bertz CT molecular complexity index is 554. The zero-order valence-corrected chi connectivity index (χ0v) is 11.0. The van der Waals surface area contributed by atoms with E-state index in [1.165, 1.54) is 11.8 Å². The van der Waals surface area contributed by atoms with Crippen LogP contribution in [-0.4, -0.2) is 22.3 Å². The lowest BCUT2D eigenvalue weighted by Crippen LogP contribution is -2.23. The van der Waals surface area contributed by atoms with Crippen molar-refractivity contribution in [3.8, 4) is 0 Å². The minimum atomic E-state index is -0.137. The van der Waals surface area contributed by atoms with Gasteiger partial charge in [-0.2, -0.15) is 4.98 Å². The number of amides is 1. The molecule has 18 heavy (non-hydrogen) atoms. The Kier molecular flexibility index (Phi) is 3.99. The first kappa shape index (κ1) is 12.6. The highest BCUT2D eigenvalue weighted by molar-refractivity contribution is 7.98. The van der Waals surface area contributed by atoms with E-state index >= 15 is 0 Å². The molecule has 1 aromatic carbocycles. The molecule has 6 heteroatoms. The number of hydrogen-bond donors (Lipinski definition) is 1. The Morgan fingerprint density at radius 1 is 1.44 bits per heavy atom. The van der Waals surface area contributed by atoms with Gasteiger partial charge in [-0.3, -0.25) is 4.79 Å². The van der Waals surface area contributed by atoms with Crippen LogP contribution in [0.4, 0.5) is 0 Å². The molecule has 1 N–H and O–H groups in total. The summed E-state index contributed by atoms with van der Waals surface area (Å²) in [5.41, 5.74) is 0.658. The molecule has 2 rings (SSSR count). The molecule has 0 unspecified atom stereocenters. The summed E-state index contributed by atoms with van der Waals surface area (Å²) in [5, 5.41) is 6.48. The highest BCUT2D eigenvalue weighted by atomic mass is 32.2. The van der Waals surface area contributed by atoms with E-state index < -0.39 is 0 Å². The second kappa shape index (κ2) is 5.68. The molecule has 0 spiro atoms. The first-order valence-electron chi connectivity index (χ1n) is 5.41. The van der Waals surface area contributed by atoms with Gasteiger partial charge in [0, 0.05) is 11.8 Å². The smallest absolute Gasteiger partial charge is 0.252 e. The molecule has 2 aromatic rings. The molecule has 94 valence electrons. The van der Waals surface area contributed by atoms with Crippen LogP contribution in [0.5, 0.6) is 0 Å². The number of hydrogen-bond acceptors (Lipinski definition) is 5. The second-order valence-corrected chi connectivity index (χ2v) is 4.46. The minimum Gasteiger partial charge on any atom is -0.345 e. The summed E-state index contributed by atoms with van der Waals surface area (Å²) in [6.07, 6.45) is 1.94. The molecule has 5 nitrogen and oxygen atoms in total. The number of nitrogens with zero attached hydrogens (tertiary/aromatic N) is 2. The molecule has 0 fully saturated rings. The molecule has 0 saturated carbocycles. The van der Waals surface area contributed by atoms with Gasteiger partial charge in [0.1, 0.15) is 0 Å². The molecule has 1 amide bonds. The van der Waals surface area contributed by atoms with Crippen molar-refractivity contribution in [2.24, 2.45) is 0 Å². The molecule has 0 aliphatic heterocycles. The Balaban J connectivity index is 2.03. The lowest BCUT2D eigenvalue weighted by molar-refractivity contribution is 0.0946. The largest absolute Gasteiger partial charge is 0.345 e. The number of rotatable bonds is 4. The van der Waals surface area contributed by atoms with Crippen LogP contribution in [0.25, 0.3) is 0 Å². The van der Waals surface area contributed by atoms with Crippen LogP contribution in [0.1, 0.15) is 22.1 Å². The maximum atomic E-state index is 12.0. The maximum absolute atomic E-state index is 12.0. The SMILES string of the molecule is CSc1ccccc1C(=O)NCc1noc(C)n1. The Labute approximate surface area is 109 Å². The Morgan fingerprint density at radius 3 is 2.89 bits per heavy atom. The Hall–Kier alpha value is -1.82. The number of thioether (sulfide) groups is 1. The summed E-state index contributed by atoms with van der Waals surface area (Å²) >= 11 is 1.54. The summed E-state index contributed by atoms with van der Waals surface area (Å²) in [6, 6.07) is 7.46. The van der Waals surface area contributed by atoms with E-state index in [2.05, 4.69) is 15.5 Å². The van der Waals surface area contributed by atoms with Gasteiger partial charge in [0.2, 0.25) is 5.89 Å². The minimum absolute atomic E-state index is 0.137. The molecule has 0 aliphatic rings. The van der Waals surface area contributed by atoms with Crippen molar-refractivity contribution in [1.29, 1.82) is 0 Å². The van der Waals surface area contributed by atoms with Crippen molar-refractivity contribution < 1.29 is 9.32 Å². The van der Waals surface area contributed by atoms with Gasteiger partial charge in [-0.25, -0.2) is 0 Å². The Morgan fingerprint density at radius 2 is 2.22 bits per heavy atom. The molecule has 1 aromatic heterocycles. The summed E-state index contributed by atoms with van der Waals surface area (Å²) in [4.78, 5) is 17.0. The molecular formula is C12H13N3O2S. The predicted octanol–water partition coefficient (Wildman–Crippen LogP) is 2.03. The molecule has 0 atom stereocenters. The van der Waals surface area contributed by atoms with E-state index in [1.54, 1.807) is 13.0 Å². The van der Waals surface area contributed by atoms with E-state index in [1.807, 2.05) is 24.5 Å². The zero-order chi connectivity index (χ0) is 13.0. The monoisotopic (exact) mass is 263 g/mol. The number of carbonyl (C=O) groups is 1. The fourth-order valence-corrected chi connectivity index (χ4v) is 2.10. The van der Waals surface area contributed by atoms with Gasteiger partial charge in [0.05, 0.1) is 12.1 Å². The van der Waals surface area contributed by atoms with E-state index in [-0.39, 0.29) is 12.5 Å². The average molecular weight is 263 g/mol. The average Bonchev–Trinajstić information content (AvgIpc) is 2.81. The van der Waals surface area contributed by atoms with Crippen molar-refractivity contribution in [3.05, 3.63) is 41.5 Å². The van der Waals surface area contributed by atoms with Crippen molar-refractivity contribution in [1.82, 2.24) is 15.5 Å². The molecule has 0 aliphatic carbocycles. The number of carbonyl (C=O) groups excluding carboxylic acids is 1. The molecule has 0 saturated heterocycles. The summed E-state index contributed by atoms with van der Waals surface area (Å²) in [7, 11) is 0. The first-order chi connectivity index (χ1) is 8.70. The normalized spacial score (nSPS) is 10.3. The third-order valence-electron chi connectivity index (χ3n) is 2.33. The van der Waals surface area contributed by atoms with Crippen LogP contribution in [0.2, 0.25) is 0 Å². The van der Waals surface area contributed by atoms with Crippen molar-refractivity contribution >= 4 is 17.7 Å². The molecule has 1 heterocycles. The highest BCUT2D eigenvalue weighted by Gasteiger charge is 2.11. The van der Waals surface area contributed by atoms with Gasteiger partial charge >= 0.3 is 0 Å². The van der Waals surface area contributed by atoms with Crippen molar-refractivity contribution in [3.63, 3.8) is 0 Å². The molecular weight excluding hydrogens is 250 g/mol. The van der Waals surface area contributed by atoms with E-state index in [4.69, 9.17) is 4.52 Å². The molecule has 0 radical (unpaired) electrons. The van der Waals surface area contributed by atoms with Crippen LogP contribution < -0.4 is 5.32 Å². The molecule has 0 bridgehead atoms. The topological polar surface area (TPSA) is 68.0 Å². The van der Waals surface area contributed by atoms with E-state index in [0.29, 0.717) is 17.3 Å². The zero-order valence-electron chi connectivity index (χ0n) is 10.1. The summed E-state index contributed by atoms with van der Waals surface area (Å²) in [6.45, 7) is 1.97. The fourth-order valence-electron chi connectivity index (χ4n) is 1.50. The predicted molar refractivity (Wildman–Crippen MR) is 68.4 cm³/mol. The summed E-state index contributed by atoms with van der Waals surface area (Å²) in [5.74, 6) is 0.827. The third-order valence-corrected chi connectivity index (χ3v) is 3.12. The second-order valence-electron chi connectivity index (χ2n) is 3.61. The van der Waals surface area contributed by atoms with Gasteiger partial charge < -0.3 is 9.84 Å². The number of aryl methyl sites for hydroxylation is 1. The lowest BCUT2D eigenvalue weighted by atomic mass is 10.2. The van der Waals surface area contributed by atoms with Crippen LogP contribution >= 0.6 is 11.8 Å². The van der Waals surface area contributed by atoms with Crippen molar-refractivity contribution in [2.75, 3.05) is 6.26 Å². The van der Waals surface area contributed by atoms with Crippen LogP contribution in [-0.2, 0) is 6.54 Å². The summed E-state index contributed by atoms with van der Waals surface area (Å²) < 4.78 is 4.83. The van der Waals surface area contributed by atoms with Gasteiger partial charge in [-0.1, -0.05) is 17.3 Å². The number of benzene rings is 1. The highest BCUT2D eigenvalue weighted by Crippen LogP contribution is 2.19. The number of aromatic nitrogens is 2. The van der Waals surface area contributed by atoms with Crippen LogP contribution in [0, 0.1) is 6.92 Å². The fraction of sp³-hybridized carbons (Fsp3) is 0.250.